The van der Waals surface area contributed by atoms with E-state index in [9.17, 15) is 32.3 Å². The highest BCUT2D eigenvalue weighted by molar-refractivity contribution is 5.86. The number of benzene rings is 3. The van der Waals surface area contributed by atoms with Crippen molar-refractivity contribution >= 4 is 29.8 Å². The largest absolute Gasteiger partial charge is 0.495 e. The summed E-state index contributed by atoms with van der Waals surface area (Å²) in [4.78, 5) is 62.2. The lowest BCUT2D eigenvalue weighted by molar-refractivity contribution is -0.286. The molecule has 3 N–H and O–H groups in total. The molecule has 1 aromatic heterocycles. The molecule has 1 heterocycles. The van der Waals surface area contributed by atoms with Crippen molar-refractivity contribution in [2.45, 2.75) is 37.7 Å². The second kappa shape index (κ2) is 18.7. The molecule has 12 nitrogen and oxygen atoms in total. The molecular formula is C36H35F3N4O8. The summed E-state index contributed by atoms with van der Waals surface area (Å²) in [7, 11) is 1.72. The number of carbonyl (C=O) groups is 4. The number of pyridine rings is 1. The minimum atomic E-state index is -5.40. The molecule has 15 heteroatoms. The highest BCUT2D eigenvalue weighted by Crippen LogP contribution is 2.24. The quantitative estimate of drug-likeness (QED) is 0.107. The summed E-state index contributed by atoms with van der Waals surface area (Å²) in [5, 5.41) is 8.01. The highest BCUT2D eigenvalue weighted by atomic mass is 19.4. The lowest BCUT2D eigenvalue weighted by Crippen LogP contribution is -2.50. The number of aromatic nitrogens is 1. The molecule has 0 aliphatic rings. The molecule has 0 saturated heterocycles. The van der Waals surface area contributed by atoms with Crippen LogP contribution in [-0.4, -0.2) is 61.4 Å². The number of anilines is 1. The molecule has 4 aromatic rings. The molecule has 0 saturated carbocycles. The number of nitrogens with one attached hydrogen (secondary N) is 3. The number of alkyl halides is 3. The lowest BCUT2D eigenvalue weighted by Gasteiger charge is -2.23. The molecule has 3 aromatic carbocycles. The summed E-state index contributed by atoms with van der Waals surface area (Å²) >= 11 is 0. The van der Waals surface area contributed by atoms with Crippen LogP contribution in [0.3, 0.4) is 0 Å². The summed E-state index contributed by atoms with van der Waals surface area (Å²) in [5.74, 6) is -4.30. The zero-order chi connectivity index (χ0) is 36.6. The van der Waals surface area contributed by atoms with Gasteiger partial charge in [-0.25, -0.2) is 29.1 Å². The average Bonchev–Trinajstić information content (AvgIpc) is 3.13. The minimum absolute atomic E-state index is 0.0654. The van der Waals surface area contributed by atoms with E-state index >= 15 is 0 Å². The fourth-order valence-corrected chi connectivity index (χ4v) is 4.64. The Balaban J connectivity index is 1.48. The third kappa shape index (κ3) is 12.5. The number of halogens is 3. The standard InChI is InChI=1S/C36H35F3N4O8/c1-40-31-14-8-13-28(41-31)19-20-49-35(47)43-30(23-48-22-24-9-4-2-5-10-24)33(45)42-29(21-32(44)50-51-34(46)36(37,38)39)27-17-15-26(16-18-27)25-11-6-3-7-12-25/h2-18,29-30H,19-23H2,1H3,(H,40,41)(H,42,45)(H,43,47). The van der Waals surface area contributed by atoms with Crippen molar-refractivity contribution in [1.82, 2.24) is 15.6 Å². The topological polar surface area (TPSA) is 154 Å². The summed E-state index contributed by atoms with van der Waals surface area (Å²) in [5.41, 5.74) is 3.49. The minimum Gasteiger partial charge on any atom is -0.449 e. The SMILES string of the molecule is CNc1cccc(CCOC(=O)NC(COCc2ccccc2)C(=O)NC(CC(=O)OOC(=O)C(F)(F)F)c2ccc(-c3ccccc3)cc2)n1. The van der Waals surface area contributed by atoms with Crippen LogP contribution in [0.15, 0.2) is 103 Å². The Bertz CT molecular complexity index is 1740. The van der Waals surface area contributed by atoms with Crippen molar-refractivity contribution in [2.24, 2.45) is 0 Å². The van der Waals surface area contributed by atoms with Gasteiger partial charge in [0.05, 0.1) is 32.3 Å². The van der Waals surface area contributed by atoms with Gasteiger partial charge in [-0.15, -0.1) is 0 Å². The van der Waals surface area contributed by atoms with E-state index in [4.69, 9.17) is 9.47 Å². The van der Waals surface area contributed by atoms with E-state index in [0.717, 1.165) is 16.7 Å². The number of nitrogens with zero attached hydrogens (tertiary/aromatic N) is 1. The number of carbonyl (C=O) groups excluding carboxylic acids is 4. The van der Waals surface area contributed by atoms with Crippen molar-refractivity contribution in [3.63, 3.8) is 0 Å². The van der Waals surface area contributed by atoms with Gasteiger partial charge in [0, 0.05) is 19.2 Å². The fraction of sp³-hybridized carbons (Fsp3) is 0.250. The zero-order valence-corrected chi connectivity index (χ0v) is 27.4. The van der Waals surface area contributed by atoms with Crippen molar-refractivity contribution in [2.75, 3.05) is 25.6 Å². The Morgan fingerprint density at radius 3 is 2.12 bits per heavy atom. The van der Waals surface area contributed by atoms with Crippen LogP contribution in [0.4, 0.5) is 23.8 Å². The molecule has 268 valence electrons. The molecule has 2 atom stereocenters. The van der Waals surface area contributed by atoms with E-state index in [2.05, 4.69) is 30.7 Å². The van der Waals surface area contributed by atoms with E-state index < -0.39 is 48.6 Å². The fourth-order valence-electron chi connectivity index (χ4n) is 4.64. The first-order chi connectivity index (χ1) is 24.5. The van der Waals surface area contributed by atoms with Crippen LogP contribution < -0.4 is 16.0 Å². The number of ether oxygens (including phenoxy) is 2. The number of rotatable bonds is 15. The van der Waals surface area contributed by atoms with Crippen LogP contribution >= 0.6 is 0 Å². The van der Waals surface area contributed by atoms with Crippen LogP contribution in [-0.2, 0) is 46.7 Å². The van der Waals surface area contributed by atoms with Crippen molar-refractivity contribution in [1.29, 1.82) is 0 Å². The lowest BCUT2D eigenvalue weighted by atomic mass is 9.99. The van der Waals surface area contributed by atoms with E-state index in [-0.39, 0.29) is 26.2 Å². The number of hydrogen-bond donors (Lipinski definition) is 3. The Kier molecular flexibility index (Phi) is 13.9. The van der Waals surface area contributed by atoms with Crippen molar-refractivity contribution < 1.29 is 51.6 Å². The smallest absolute Gasteiger partial charge is 0.449 e. The average molecular weight is 709 g/mol. The van der Waals surface area contributed by atoms with Gasteiger partial charge in [0.25, 0.3) is 0 Å². The van der Waals surface area contributed by atoms with E-state index in [0.29, 0.717) is 17.1 Å². The van der Waals surface area contributed by atoms with Gasteiger partial charge in [0.2, 0.25) is 5.91 Å². The summed E-state index contributed by atoms with van der Waals surface area (Å²) in [6.45, 7) is -0.297. The first kappa shape index (κ1) is 37.9. The van der Waals surface area contributed by atoms with Crippen LogP contribution in [0, 0.1) is 0 Å². The Morgan fingerprint density at radius 2 is 1.45 bits per heavy atom. The van der Waals surface area contributed by atoms with Gasteiger partial charge in [-0.1, -0.05) is 91.0 Å². The maximum absolute atomic E-state index is 13.7. The molecule has 4 rings (SSSR count). The predicted octanol–water partition coefficient (Wildman–Crippen LogP) is 5.46. The van der Waals surface area contributed by atoms with Crippen LogP contribution in [0.25, 0.3) is 11.1 Å². The van der Waals surface area contributed by atoms with Crippen molar-refractivity contribution in [3.05, 3.63) is 120 Å². The van der Waals surface area contributed by atoms with Crippen LogP contribution in [0.1, 0.15) is 29.3 Å². The maximum Gasteiger partial charge on any atom is 0.495 e. The van der Waals surface area contributed by atoms with Gasteiger partial charge in [-0.3, -0.25) is 4.79 Å². The number of hydrogen-bond acceptors (Lipinski definition) is 10. The van der Waals surface area contributed by atoms with Gasteiger partial charge in [-0.2, -0.15) is 13.2 Å². The molecule has 0 aliphatic heterocycles. The number of amides is 2. The molecule has 2 unspecified atom stereocenters. The maximum atomic E-state index is 13.7. The number of alkyl carbamates (subject to hydrolysis) is 1. The van der Waals surface area contributed by atoms with E-state index in [1.54, 1.807) is 73.8 Å². The zero-order valence-electron chi connectivity index (χ0n) is 27.4. The Labute approximate surface area is 291 Å². The normalized spacial score (nSPS) is 12.2. The summed E-state index contributed by atoms with van der Waals surface area (Å²) < 4.78 is 48.8. The molecule has 0 spiro atoms. The molecule has 0 aliphatic carbocycles. The Hall–Kier alpha value is -5.96. The first-order valence-electron chi connectivity index (χ1n) is 15.6. The third-order valence-corrected chi connectivity index (χ3v) is 7.21. The van der Waals surface area contributed by atoms with Gasteiger partial charge < -0.3 is 25.4 Å². The summed E-state index contributed by atoms with van der Waals surface area (Å²) in [6, 6.07) is 27.7. The monoisotopic (exact) mass is 708 g/mol. The predicted molar refractivity (Wildman–Crippen MR) is 177 cm³/mol. The van der Waals surface area contributed by atoms with Crippen LogP contribution in [0.2, 0.25) is 0 Å². The summed E-state index contributed by atoms with van der Waals surface area (Å²) in [6.07, 6.45) is -6.80. The molecule has 0 radical (unpaired) electrons. The van der Waals surface area contributed by atoms with Gasteiger partial charge in [0.1, 0.15) is 11.9 Å². The van der Waals surface area contributed by atoms with Gasteiger partial charge in [-0.05, 0) is 34.4 Å². The molecule has 51 heavy (non-hydrogen) atoms. The van der Waals surface area contributed by atoms with Crippen molar-refractivity contribution in [3.8, 4) is 11.1 Å². The van der Waals surface area contributed by atoms with E-state index in [1.165, 1.54) is 0 Å². The second-order valence-corrected chi connectivity index (χ2v) is 10.9. The molecule has 2 amide bonds. The first-order valence-corrected chi connectivity index (χ1v) is 15.6. The molecule has 0 bridgehead atoms. The van der Waals surface area contributed by atoms with E-state index in [1.807, 2.05) is 36.4 Å². The van der Waals surface area contributed by atoms with Crippen LogP contribution in [0.5, 0.6) is 0 Å². The van der Waals surface area contributed by atoms with Gasteiger partial charge >= 0.3 is 24.2 Å². The molecule has 0 fully saturated rings. The Morgan fingerprint density at radius 1 is 0.784 bits per heavy atom. The second-order valence-electron chi connectivity index (χ2n) is 10.9. The van der Waals surface area contributed by atoms with Gasteiger partial charge in [0.15, 0.2) is 0 Å². The third-order valence-electron chi connectivity index (χ3n) is 7.21. The highest BCUT2D eigenvalue weighted by Gasteiger charge is 2.43. The molecular weight excluding hydrogens is 673 g/mol.